The molecule has 1 aromatic heterocycles. The first-order chi connectivity index (χ1) is 4.20. The SMILES string of the molecule is O=[N+]([O-])c1csc(Br)c1. The Labute approximate surface area is 63.6 Å². The van der Waals surface area contributed by atoms with E-state index in [1.54, 1.807) is 0 Å². The molecule has 0 spiro atoms. The molecule has 48 valence electrons. The Bertz CT molecular complexity index is 234. The molecule has 0 radical (unpaired) electrons. The minimum Gasteiger partial charge on any atom is -0.258 e. The molecule has 0 unspecified atom stereocenters. The van der Waals surface area contributed by atoms with Crippen molar-refractivity contribution in [1.29, 1.82) is 0 Å². The molecule has 1 heterocycles. The Hall–Kier alpha value is -0.420. The maximum absolute atomic E-state index is 10.0. The third-order valence-corrected chi connectivity index (χ3v) is 2.26. The van der Waals surface area contributed by atoms with Crippen molar-refractivity contribution in [2.45, 2.75) is 0 Å². The third-order valence-electron chi connectivity index (χ3n) is 0.764. The highest BCUT2D eigenvalue weighted by Crippen LogP contribution is 2.25. The lowest BCUT2D eigenvalue weighted by Crippen LogP contribution is -1.81. The van der Waals surface area contributed by atoms with Crippen LogP contribution in [-0.4, -0.2) is 4.92 Å². The number of nitrogens with zero attached hydrogens (tertiary/aromatic N) is 1. The van der Waals surface area contributed by atoms with Gasteiger partial charge in [-0.25, -0.2) is 0 Å². The van der Waals surface area contributed by atoms with E-state index < -0.39 is 4.92 Å². The average Bonchev–Trinajstić information content (AvgIpc) is 2.14. The smallest absolute Gasteiger partial charge is 0.258 e. The van der Waals surface area contributed by atoms with Crippen LogP contribution >= 0.6 is 27.3 Å². The van der Waals surface area contributed by atoms with Crippen molar-refractivity contribution in [3.8, 4) is 0 Å². The van der Waals surface area contributed by atoms with Crippen LogP contribution in [-0.2, 0) is 0 Å². The molecule has 5 heteroatoms. The summed E-state index contributed by atoms with van der Waals surface area (Å²) < 4.78 is 0.786. The van der Waals surface area contributed by atoms with Gasteiger partial charge in [0.15, 0.2) is 0 Å². The first kappa shape index (κ1) is 6.70. The summed E-state index contributed by atoms with van der Waals surface area (Å²) in [5, 5.41) is 11.5. The van der Waals surface area contributed by atoms with Crippen molar-refractivity contribution >= 4 is 33.0 Å². The van der Waals surface area contributed by atoms with Gasteiger partial charge in [-0.2, -0.15) is 0 Å². The number of rotatable bonds is 1. The quantitative estimate of drug-likeness (QED) is 0.525. The maximum Gasteiger partial charge on any atom is 0.281 e. The van der Waals surface area contributed by atoms with E-state index in [9.17, 15) is 10.1 Å². The lowest BCUT2D eigenvalue weighted by atomic mass is 10.6. The van der Waals surface area contributed by atoms with E-state index in [4.69, 9.17) is 0 Å². The number of halogens is 1. The maximum atomic E-state index is 10.0. The molecule has 0 saturated heterocycles. The Balaban J connectivity index is 2.98. The highest BCUT2D eigenvalue weighted by molar-refractivity contribution is 9.11. The van der Waals surface area contributed by atoms with E-state index >= 15 is 0 Å². The number of nitro groups is 1. The fraction of sp³-hybridized carbons (Fsp3) is 0. The van der Waals surface area contributed by atoms with Gasteiger partial charge < -0.3 is 0 Å². The van der Waals surface area contributed by atoms with Crippen LogP contribution in [0.4, 0.5) is 5.69 Å². The normalized spacial score (nSPS) is 9.44. The second-order valence-electron chi connectivity index (χ2n) is 1.37. The summed E-state index contributed by atoms with van der Waals surface area (Å²) in [7, 11) is 0. The minimum absolute atomic E-state index is 0.145. The van der Waals surface area contributed by atoms with E-state index in [0.29, 0.717) is 0 Å². The van der Waals surface area contributed by atoms with E-state index in [2.05, 4.69) is 15.9 Å². The summed E-state index contributed by atoms with van der Waals surface area (Å²) in [5.41, 5.74) is 0.145. The zero-order valence-electron chi connectivity index (χ0n) is 4.20. The first-order valence-electron chi connectivity index (χ1n) is 2.08. The third kappa shape index (κ3) is 1.49. The van der Waals surface area contributed by atoms with E-state index in [-0.39, 0.29) is 5.69 Å². The van der Waals surface area contributed by atoms with Crippen LogP contribution in [0.1, 0.15) is 0 Å². The Morgan fingerprint density at radius 2 is 2.44 bits per heavy atom. The van der Waals surface area contributed by atoms with E-state index in [1.165, 1.54) is 22.8 Å². The van der Waals surface area contributed by atoms with Gasteiger partial charge in [-0.05, 0) is 15.9 Å². The topological polar surface area (TPSA) is 43.1 Å². The van der Waals surface area contributed by atoms with Gasteiger partial charge in [0.1, 0.15) is 0 Å². The van der Waals surface area contributed by atoms with Gasteiger partial charge in [-0.15, -0.1) is 11.3 Å². The van der Waals surface area contributed by atoms with Crippen LogP contribution in [0.25, 0.3) is 0 Å². The molecule has 0 fully saturated rings. The van der Waals surface area contributed by atoms with Crippen LogP contribution in [0, 0.1) is 10.1 Å². The number of hydrogen-bond acceptors (Lipinski definition) is 3. The van der Waals surface area contributed by atoms with Gasteiger partial charge in [0.05, 0.1) is 14.1 Å². The highest BCUT2D eigenvalue weighted by Gasteiger charge is 2.05. The summed E-state index contributed by atoms with van der Waals surface area (Å²) >= 11 is 4.42. The Morgan fingerprint density at radius 1 is 1.78 bits per heavy atom. The Kier molecular flexibility index (Phi) is 1.82. The number of thiophene rings is 1. The van der Waals surface area contributed by atoms with Crippen LogP contribution in [0.2, 0.25) is 0 Å². The molecule has 0 saturated carbocycles. The lowest BCUT2D eigenvalue weighted by Gasteiger charge is -1.77. The van der Waals surface area contributed by atoms with Gasteiger partial charge in [-0.3, -0.25) is 10.1 Å². The molecule has 0 atom stereocenters. The fourth-order valence-corrected chi connectivity index (χ4v) is 1.49. The second kappa shape index (κ2) is 2.45. The predicted molar refractivity (Wildman–Crippen MR) is 38.7 cm³/mol. The predicted octanol–water partition coefficient (Wildman–Crippen LogP) is 2.42. The monoisotopic (exact) mass is 207 g/mol. The van der Waals surface area contributed by atoms with Crippen molar-refractivity contribution in [1.82, 2.24) is 0 Å². The summed E-state index contributed by atoms with van der Waals surface area (Å²) in [6.45, 7) is 0. The largest absolute Gasteiger partial charge is 0.281 e. The molecule has 0 aliphatic heterocycles. The molecule has 0 amide bonds. The summed E-state index contributed by atoms with van der Waals surface area (Å²) in [6, 6.07) is 1.48. The van der Waals surface area contributed by atoms with Gasteiger partial charge in [0, 0.05) is 6.07 Å². The summed E-state index contributed by atoms with van der Waals surface area (Å²) in [6.07, 6.45) is 0. The summed E-state index contributed by atoms with van der Waals surface area (Å²) in [4.78, 5) is 9.59. The molecule has 9 heavy (non-hydrogen) atoms. The van der Waals surface area contributed by atoms with Gasteiger partial charge >= 0.3 is 0 Å². The molecule has 1 rings (SSSR count). The molecule has 0 aliphatic carbocycles. The molecule has 3 nitrogen and oxygen atoms in total. The van der Waals surface area contributed by atoms with E-state index in [0.717, 1.165) is 3.79 Å². The molecular weight excluding hydrogens is 206 g/mol. The summed E-state index contributed by atoms with van der Waals surface area (Å²) in [5.74, 6) is 0. The molecule has 1 aromatic rings. The lowest BCUT2D eigenvalue weighted by molar-refractivity contribution is -0.384. The van der Waals surface area contributed by atoms with E-state index in [1.807, 2.05) is 0 Å². The van der Waals surface area contributed by atoms with Crippen LogP contribution in [0.3, 0.4) is 0 Å². The number of hydrogen-bond donors (Lipinski definition) is 0. The zero-order chi connectivity index (χ0) is 6.85. The Morgan fingerprint density at radius 3 is 2.67 bits per heavy atom. The van der Waals surface area contributed by atoms with Gasteiger partial charge in [-0.1, -0.05) is 0 Å². The van der Waals surface area contributed by atoms with Gasteiger partial charge in [0.2, 0.25) is 0 Å². The first-order valence-corrected chi connectivity index (χ1v) is 3.76. The molecule has 0 aliphatic rings. The van der Waals surface area contributed by atoms with Crippen molar-refractivity contribution in [2.24, 2.45) is 0 Å². The molecular formula is C4H2BrNO2S. The minimum atomic E-state index is -0.415. The van der Waals surface area contributed by atoms with Crippen molar-refractivity contribution in [3.05, 3.63) is 25.3 Å². The van der Waals surface area contributed by atoms with Crippen molar-refractivity contribution in [3.63, 3.8) is 0 Å². The molecule has 0 N–H and O–H groups in total. The average molecular weight is 208 g/mol. The molecule has 0 bridgehead atoms. The second-order valence-corrected chi connectivity index (χ2v) is 3.66. The zero-order valence-corrected chi connectivity index (χ0v) is 6.61. The van der Waals surface area contributed by atoms with Crippen molar-refractivity contribution in [2.75, 3.05) is 0 Å². The standard InChI is InChI=1S/C4H2BrNO2S/c5-4-1-3(2-9-4)6(7)8/h1-2H. The van der Waals surface area contributed by atoms with Crippen molar-refractivity contribution < 1.29 is 4.92 Å². The highest BCUT2D eigenvalue weighted by atomic mass is 79.9. The van der Waals surface area contributed by atoms with Crippen LogP contribution in [0.5, 0.6) is 0 Å². The fourth-order valence-electron chi connectivity index (χ4n) is 0.397. The van der Waals surface area contributed by atoms with Crippen LogP contribution in [0.15, 0.2) is 15.2 Å². The van der Waals surface area contributed by atoms with Gasteiger partial charge in [0.25, 0.3) is 5.69 Å². The molecule has 0 aromatic carbocycles. The van der Waals surface area contributed by atoms with Crippen LogP contribution < -0.4 is 0 Å².